The fourth-order valence-corrected chi connectivity index (χ4v) is 2.54. The van der Waals surface area contributed by atoms with Crippen LogP contribution in [0.3, 0.4) is 0 Å². The van der Waals surface area contributed by atoms with E-state index in [9.17, 15) is 66.3 Å². The average molecular weight is 524 g/mol. The van der Waals surface area contributed by atoms with Crippen LogP contribution in [0.1, 0.15) is 6.42 Å². The number of hydrogen-bond donors (Lipinski definition) is 1. The molecule has 19 heteroatoms. The molecule has 1 amide bonds. The summed E-state index contributed by atoms with van der Waals surface area (Å²) in [7, 11) is 4.52. The van der Waals surface area contributed by atoms with Crippen molar-refractivity contribution in [2.45, 2.75) is 48.6 Å². The summed E-state index contributed by atoms with van der Waals surface area (Å²) in [5.41, 5.74) is -7.12. The summed E-state index contributed by atoms with van der Waals surface area (Å²) in [5.74, 6) is -3.56. The second kappa shape index (κ2) is 7.96. The van der Waals surface area contributed by atoms with Gasteiger partial charge in [0.05, 0.1) is 27.7 Å². The molecule has 1 saturated heterocycles. The molecule has 1 unspecified atom stereocenters. The maximum Gasteiger partial charge on any atom is 0.439 e. The molecule has 0 aliphatic carbocycles. The van der Waals surface area contributed by atoms with Gasteiger partial charge >= 0.3 is 42.2 Å². The minimum absolute atomic E-state index is 0.0000272. The molecule has 1 rings (SSSR count). The summed E-state index contributed by atoms with van der Waals surface area (Å²) < 4.78 is 192. The largest absolute Gasteiger partial charge is 0.439 e. The Kier molecular flexibility index (Phi) is 7.09. The SMILES string of the molecule is C[N+](C)(C)CCCNC(=O)C(F)(C(F)(F)F)C(F)(F)N1C(F)(F)C(F)(F)OC(F)(F)C1(F)F. The van der Waals surface area contributed by atoms with Crippen LogP contribution in [0, 0.1) is 0 Å². The lowest BCUT2D eigenvalue weighted by atomic mass is 9.98. The molecule has 1 heterocycles. The topological polar surface area (TPSA) is 41.6 Å². The van der Waals surface area contributed by atoms with Gasteiger partial charge in [0.2, 0.25) is 0 Å². The van der Waals surface area contributed by atoms with E-state index in [1.807, 2.05) is 4.74 Å². The van der Waals surface area contributed by atoms with Crippen molar-refractivity contribution in [2.24, 2.45) is 0 Å². The highest BCUT2D eigenvalue weighted by molar-refractivity contribution is 5.87. The van der Waals surface area contributed by atoms with Gasteiger partial charge in [0.15, 0.2) is 0 Å². The minimum Gasteiger partial charge on any atom is -0.353 e. The first-order valence-corrected chi connectivity index (χ1v) is 8.44. The summed E-state index contributed by atoms with van der Waals surface area (Å²) in [5, 5.41) is 0.897. The minimum atomic E-state index is -7.72. The number of carbonyl (C=O) groups is 1. The molecular formula is C14H16F14N3O2+. The van der Waals surface area contributed by atoms with Crippen molar-refractivity contribution in [2.75, 3.05) is 34.2 Å². The van der Waals surface area contributed by atoms with Crippen molar-refractivity contribution in [3.63, 3.8) is 0 Å². The molecule has 0 spiro atoms. The Morgan fingerprint density at radius 3 is 1.58 bits per heavy atom. The molecular weight excluding hydrogens is 508 g/mol. The van der Waals surface area contributed by atoms with Gasteiger partial charge in [0.25, 0.3) is 5.91 Å². The van der Waals surface area contributed by atoms with Crippen molar-refractivity contribution in [1.82, 2.24) is 10.2 Å². The monoisotopic (exact) mass is 524 g/mol. The molecule has 1 atom stereocenters. The van der Waals surface area contributed by atoms with Gasteiger partial charge in [-0.05, 0) is 0 Å². The van der Waals surface area contributed by atoms with Gasteiger partial charge in [0, 0.05) is 13.0 Å². The number of nitrogens with one attached hydrogen (secondary N) is 1. The maximum absolute atomic E-state index is 14.6. The van der Waals surface area contributed by atoms with Crippen molar-refractivity contribution in [3.8, 4) is 0 Å². The fraction of sp³-hybridized carbons (Fsp3) is 0.929. The predicted molar refractivity (Wildman–Crippen MR) is 78.1 cm³/mol. The summed E-state index contributed by atoms with van der Waals surface area (Å²) in [6.07, 6.45) is -21.6. The number of ether oxygens (including phenoxy) is 1. The number of carbonyl (C=O) groups excluding carboxylic acids is 1. The Morgan fingerprint density at radius 2 is 1.24 bits per heavy atom. The Balaban J connectivity index is 3.59. The maximum atomic E-state index is 14.6. The van der Waals surface area contributed by atoms with E-state index in [4.69, 9.17) is 0 Å². The first kappa shape index (κ1) is 29.4. The zero-order valence-corrected chi connectivity index (χ0v) is 16.6. The van der Waals surface area contributed by atoms with E-state index in [0.29, 0.717) is 0 Å². The summed E-state index contributed by atoms with van der Waals surface area (Å²) in [4.78, 5) is 7.67. The number of quaternary nitrogens is 1. The van der Waals surface area contributed by atoms with Gasteiger partial charge < -0.3 is 9.80 Å². The Labute approximate surface area is 175 Å². The van der Waals surface area contributed by atoms with E-state index in [0.717, 1.165) is 5.32 Å². The van der Waals surface area contributed by atoms with E-state index < -0.39 is 59.6 Å². The van der Waals surface area contributed by atoms with Gasteiger partial charge in [-0.3, -0.25) is 4.79 Å². The molecule has 0 saturated carbocycles. The standard InChI is InChI=1S/C14H15F14N3O2/c1-31(2,3)6-4-5-29-7(32)8(15,9(16,17)18)10(19,20)30-11(21,22)13(25,26)33-14(27,28)12(30,23)24/h4-6H2,1-3H3/p+1. The number of halogens is 14. The fourth-order valence-electron chi connectivity index (χ4n) is 2.54. The highest BCUT2D eigenvalue weighted by Gasteiger charge is 2.92. The number of rotatable bonds is 7. The molecule has 196 valence electrons. The first-order chi connectivity index (χ1) is 14.2. The second-order valence-electron chi connectivity index (χ2n) is 7.87. The van der Waals surface area contributed by atoms with Gasteiger partial charge in [-0.1, -0.05) is 0 Å². The molecule has 1 aliphatic rings. The Hall–Kier alpha value is -1.63. The van der Waals surface area contributed by atoms with Crippen LogP contribution < -0.4 is 5.32 Å². The molecule has 5 nitrogen and oxygen atoms in total. The highest BCUT2D eigenvalue weighted by atomic mass is 19.4. The lowest BCUT2D eigenvalue weighted by Crippen LogP contribution is -2.83. The normalized spacial score (nSPS) is 24.8. The van der Waals surface area contributed by atoms with Crippen LogP contribution in [0.2, 0.25) is 0 Å². The van der Waals surface area contributed by atoms with E-state index in [1.54, 1.807) is 0 Å². The van der Waals surface area contributed by atoms with Crippen molar-refractivity contribution in [1.29, 1.82) is 0 Å². The molecule has 0 radical (unpaired) electrons. The van der Waals surface area contributed by atoms with Gasteiger partial charge in [0.1, 0.15) is 0 Å². The van der Waals surface area contributed by atoms with Gasteiger partial charge in [-0.25, -0.2) is 9.13 Å². The van der Waals surface area contributed by atoms with Crippen LogP contribution in [0.15, 0.2) is 0 Å². The van der Waals surface area contributed by atoms with Crippen molar-refractivity contribution in [3.05, 3.63) is 0 Å². The van der Waals surface area contributed by atoms with Gasteiger partial charge in [-0.15, -0.1) is 4.90 Å². The molecule has 33 heavy (non-hydrogen) atoms. The highest BCUT2D eigenvalue weighted by Crippen LogP contribution is 2.62. The molecule has 0 aromatic carbocycles. The number of hydrogen-bond acceptors (Lipinski definition) is 3. The van der Waals surface area contributed by atoms with E-state index >= 15 is 0 Å². The quantitative estimate of drug-likeness (QED) is 0.239. The number of morpholine rings is 1. The number of amides is 1. The molecule has 0 aromatic heterocycles. The van der Waals surface area contributed by atoms with Crippen LogP contribution in [-0.2, 0) is 9.53 Å². The molecule has 1 N–H and O–H groups in total. The van der Waals surface area contributed by atoms with Crippen LogP contribution in [-0.4, -0.2) is 91.7 Å². The van der Waals surface area contributed by atoms with E-state index in [2.05, 4.69) is 0 Å². The Bertz CT molecular complexity index is 722. The zero-order valence-electron chi connectivity index (χ0n) is 16.6. The summed E-state index contributed by atoms with van der Waals surface area (Å²) in [6.45, 7) is -1.05. The molecule has 1 fully saturated rings. The van der Waals surface area contributed by atoms with Crippen molar-refractivity contribution < 1.29 is 75.5 Å². The van der Waals surface area contributed by atoms with E-state index in [-0.39, 0.29) is 17.4 Å². The van der Waals surface area contributed by atoms with Crippen LogP contribution in [0.4, 0.5) is 61.5 Å². The average Bonchev–Trinajstić information content (AvgIpc) is 2.52. The third kappa shape index (κ3) is 4.67. The third-order valence-electron chi connectivity index (χ3n) is 4.21. The smallest absolute Gasteiger partial charge is 0.353 e. The van der Waals surface area contributed by atoms with E-state index in [1.165, 1.54) is 21.1 Å². The van der Waals surface area contributed by atoms with Gasteiger partial charge in [-0.2, -0.15) is 57.1 Å². The first-order valence-electron chi connectivity index (χ1n) is 8.44. The number of alkyl halides is 14. The molecule has 0 bridgehead atoms. The van der Waals surface area contributed by atoms with Crippen molar-refractivity contribution >= 4 is 5.91 Å². The lowest BCUT2D eigenvalue weighted by Gasteiger charge is -2.51. The van der Waals surface area contributed by atoms with Crippen LogP contribution in [0.5, 0.6) is 0 Å². The molecule has 1 aliphatic heterocycles. The number of nitrogens with zero attached hydrogens (tertiary/aromatic N) is 2. The predicted octanol–water partition coefficient (Wildman–Crippen LogP) is 3.77. The zero-order chi connectivity index (χ0) is 26.7. The Morgan fingerprint density at radius 1 is 0.848 bits per heavy atom. The van der Waals surface area contributed by atoms with Crippen LogP contribution >= 0.6 is 0 Å². The summed E-state index contributed by atoms with van der Waals surface area (Å²) >= 11 is 0. The molecule has 0 aromatic rings. The lowest BCUT2D eigenvalue weighted by molar-refractivity contribution is -0.870. The second-order valence-corrected chi connectivity index (χ2v) is 7.87. The van der Waals surface area contributed by atoms with Crippen LogP contribution in [0.25, 0.3) is 0 Å². The third-order valence-corrected chi connectivity index (χ3v) is 4.21. The summed E-state index contributed by atoms with van der Waals surface area (Å²) in [6, 6.07) is -22.5.